The molecule has 2 N–H and O–H groups in total. The molecule has 5 atom stereocenters. The van der Waals surface area contributed by atoms with E-state index in [2.05, 4.69) is 31.3 Å². The van der Waals surface area contributed by atoms with Crippen LogP contribution < -0.4 is 5.32 Å². The van der Waals surface area contributed by atoms with Crippen LogP contribution in [-0.4, -0.2) is 36.5 Å². The molecule has 0 unspecified atom stereocenters. The van der Waals surface area contributed by atoms with Gasteiger partial charge in [0.2, 0.25) is 0 Å². The highest BCUT2D eigenvalue weighted by molar-refractivity contribution is 5.15. The third-order valence-corrected chi connectivity index (χ3v) is 4.90. The van der Waals surface area contributed by atoms with Crippen molar-refractivity contribution in [3.63, 3.8) is 0 Å². The van der Waals surface area contributed by atoms with Crippen LogP contribution in [0.1, 0.15) is 26.7 Å². The summed E-state index contributed by atoms with van der Waals surface area (Å²) in [5.41, 5.74) is 0.256. The third-order valence-electron chi connectivity index (χ3n) is 4.90. The van der Waals surface area contributed by atoms with Gasteiger partial charge in [-0.1, -0.05) is 26.0 Å². The van der Waals surface area contributed by atoms with Crippen LogP contribution in [0.15, 0.2) is 12.2 Å². The van der Waals surface area contributed by atoms with Crippen molar-refractivity contribution in [2.24, 2.45) is 17.3 Å². The number of aliphatic hydroxyl groups excluding tert-OH is 1. The van der Waals surface area contributed by atoms with E-state index < -0.39 is 0 Å². The van der Waals surface area contributed by atoms with E-state index in [1.165, 1.54) is 6.42 Å². The number of nitrogens with one attached hydrogen (secondary N) is 1. The summed E-state index contributed by atoms with van der Waals surface area (Å²) in [6, 6.07) is 1.01. The molecule has 2 fully saturated rings. The number of aliphatic hydroxyl groups is 1. The van der Waals surface area contributed by atoms with Gasteiger partial charge < -0.3 is 15.2 Å². The van der Waals surface area contributed by atoms with E-state index in [1.807, 2.05) is 0 Å². The molecule has 0 bridgehead atoms. The molecule has 3 aliphatic rings. The summed E-state index contributed by atoms with van der Waals surface area (Å²) in [6.45, 7) is 5.81. The summed E-state index contributed by atoms with van der Waals surface area (Å²) in [6.07, 6.45) is 7.07. The monoisotopic (exact) mass is 237 g/mol. The van der Waals surface area contributed by atoms with Crippen molar-refractivity contribution in [2.75, 3.05) is 13.2 Å². The van der Waals surface area contributed by atoms with E-state index in [0.717, 1.165) is 13.0 Å². The number of hydrogen-bond donors (Lipinski definition) is 2. The number of hydrogen-bond acceptors (Lipinski definition) is 3. The molecule has 3 rings (SSSR count). The highest BCUT2D eigenvalue weighted by Crippen LogP contribution is 2.52. The van der Waals surface area contributed by atoms with Crippen LogP contribution in [0.4, 0.5) is 0 Å². The van der Waals surface area contributed by atoms with Crippen molar-refractivity contribution in [3.8, 4) is 0 Å². The van der Waals surface area contributed by atoms with E-state index in [0.29, 0.717) is 30.0 Å². The second-order valence-electron chi connectivity index (χ2n) is 6.38. The molecule has 0 aromatic carbocycles. The second-order valence-corrected chi connectivity index (χ2v) is 6.38. The van der Waals surface area contributed by atoms with Crippen LogP contribution >= 0.6 is 0 Å². The molecule has 3 nitrogen and oxygen atoms in total. The average Bonchev–Trinajstić information content (AvgIpc) is 2.93. The maximum absolute atomic E-state index is 9.14. The SMILES string of the molecule is CC1(C)[C@H](N[C@@H]2C=C[C@H](CO)C2)[C@H]2CCO[C@@H]21. The quantitative estimate of drug-likeness (QED) is 0.728. The molecule has 2 aliphatic carbocycles. The Labute approximate surface area is 103 Å². The fraction of sp³-hybridized carbons (Fsp3) is 0.857. The fourth-order valence-corrected chi connectivity index (χ4v) is 3.93. The van der Waals surface area contributed by atoms with Crippen LogP contribution in [-0.2, 0) is 4.74 Å². The summed E-state index contributed by atoms with van der Waals surface area (Å²) in [4.78, 5) is 0. The van der Waals surface area contributed by atoms with Crippen molar-refractivity contribution in [2.45, 2.75) is 44.9 Å². The lowest BCUT2D eigenvalue weighted by molar-refractivity contribution is -0.114. The number of rotatable bonds is 3. The lowest BCUT2D eigenvalue weighted by Gasteiger charge is -2.55. The van der Waals surface area contributed by atoms with Crippen LogP contribution in [0.2, 0.25) is 0 Å². The van der Waals surface area contributed by atoms with Gasteiger partial charge >= 0.3 is 0 Å². The van der Waals surface area contributed by atoms with Crippen LogP contribution in [0.5, 0.6) is 0 Å². The van der Waals surface area contributed by atoms with Gasteiger partial charge in [0.15, 0.2) is 0 Å². The van der Waals surface area contributed by atoms with Crippen LogP contribution in [0.3, 0.4) is 0 Å². The lowest BCUT2D eigenvalue weighted by Crippen LogP contribution is -2.67. The Kier molecular flexibility index (Phi) is 2.80. The maximum Gasteiger partial charge on any atom is 0.0685 e. The molecule has 1 heterocycles. The minimum Gasteiger partial charge on any atom is -0.396 e. The Balaban J connectivity index is 1.61. The smallest absolute Gasteiger partial charge is 0.0685 e. The number of fused-ring (bicyclic) bond motifs is 1. The van der Waals surface area contributed by atoms with Gasteiger partial charge in [-0.05, 0) is 12.8 Å². The minimum absolute atomic E-state index is 0.256. The van der Waals surface area contributed by atoms with Crippen molar-refractivity contribution in [3.05, 3.63) is 12.2 Å². The number of ether oxygens (including phenoxy) is 1. The molecule has 0 amide bonds. The van der Waals surface area contributed by atoms with E-state index in [-0.39, 0.29) is 12.0 Å². The maximum atomic E-state index is 9.14. The van der Waals surface area contributed by atoms with Crippen LogP contribution in [0, 0.1) is 17.3 Å². The largest absolute Gasteiger partial charge is 0.396 e. The van der Waals surface area contributed by atoms with E-state index in [1.54, 1.807) is 0 Å². The standard InChI is InChI=1S/C14H23NO2/c1-14(2)12(11-5-6-17-13(11)14)15-10-4-3-9(7-10)8-16/h3-4,9-13,15-16H,5-8H2,1-2H3/t9-,10+,11+,12+,13-/m0/s1. The first-order valence-electron chi connectivity index (χ1n) is 6.79. The predicted molar refractivity (Wildman–Crippen MR) is 66.7 cm³/mol. The van der Waals surface area contributed by atoms with Gasteiger partial charge in [0, 0.05) is 42.5 Å². The van der Waals surface area contributed by atoms with Crippen LogP contribution in [0.25, 0.3) is 0 Å². The van der Waals surface area contributed by atoms with Crippen molar-refractivity contribution >= 4 is 0 Å². The van der Waals surface area contributed by atoms with Gasteiger partial charge in [-0.15, -0.1) is 0 Å². The van der Waals surface area contributed by atoms with Gasteiger partial charge in [-0.25, -0.2) is 0 Å². The molecule has 3 heteroatoms. The predicted octanol–water partition coefficient (Wildman–Crippen LogP) is 1.33. The average molecular weight is 237 g/mol. The zero-order valence-electron chi connectivity index (χ0n) is 10.7. The summed E-state index contributed by atoms with van der Waals surface area (Å²) in [5.74, 6) is 1.05. The van der Waals surface area contributed by atoms with Crippen molar-refractivity contribution in [1.29, 1.82) is 0 Å². The topological polar surface area (TPSA) is 41.5 Å². The molecule has 0 radical (unpaired) electrons. The molecule has 1 saturated heterocycles. The summed E-state index contributed by atoms with van der Waals surface area (Å²) >= 11 is 0. The Bertz CT molecular complexity index is 326. The van der Waals surface area contributed by atoms with E-state index in [9.17, 15) is 0 Å². The van der Waals surface area contributed by atoms with E-state index >= 15 is 0 Å². The first-order chi connectivity index (χ1) is 8.13. The first-order valence-corrected chi connectivity index (χ1v) is 6.79. The summed E-state index contributed by atoms with van der Waals surface area (Å²) in [5, 5.41) is 12.9. The Morgan fingerprint density at radius 3 is 2.94 bits per heavy atom. The Morgan fingerprint density at radius 1 is 1.41 bits per heavy atom. The van der Waals surface area contributed by atoms with Crippen molar-refractivity contribution < 1.29 is 9.84 Å². The normalized spacial score (nSPS) is 46.9. The summed E-state index contributed by atoms with van der Waals surface area (Å²) < 4.78 is 5.81. The molecule has 0 aromatic heterocycles. The van der Waals surface area contributed by atoms with Gasteiger partial charge in [-0.3, -0.25) is 0 Å². The van der Waals surface area contributed by atoms with Gasteiger partial charge in [0.1, 0.15) is 0 Å². The zero-order valence-corrected chi connectivity index (χ0v) is 10.7. The molecule has 0 spiro atoms. The minimum atomic E-state index is 0.256. The molecule has 1 saturated carbocycles. The third kappa shape index (κ3) is 1.76. The second kappa shape index (κ2) is 4.08. The van der Waals surface area contributed by atoms with Gasteiger partial charge in [-0.2, -0.15) is 0 Å². The lowest BCUT2D eigenvalue weighted by atomic mass is 9.57. The molecule has 1 aliphatic heterocycles. The molecular weight excluding hydrogens is 214 g/mol. The molecule has 96 valence electrons. The first kappa shape index (κ1) is 11.7. The molecular formula is C14H23NO2. The Hall–Kier alpha value is -0.380. The fourth-order valence-electron chi connectivity index (χ4n) is 3.93. The highest BCUT2D eigenvalue weighted by Gasteiger charge is 2.59. The van der Waals surface area contributed by atoms with E-state index in [4.69, 9.17) is 9.84 Å². The molecule has 0 aromatic rings. The van der Waals surface area contributed by atoms with Gasteiger partial charge in [0.05, 0.1) is 6.10 Å². The van der Waals surface area contributed by atoms with Gasteiger partial charge in [0.25, 0.3) is 0 Å². The Morgan fingerprint density at radius 2 is 2.24 bits per heavy atom. The zero-order chi connectivity index (χ0) is 12.0. The summed E-state index contributed by atoms with van der Waals surface area (Å²) in [7, 11) is 0. The highest BCUT2D eigenvalue weighted by atomic mass is 16.5. The van der Waals surface area contributed by atoms with Crippen molar-refractivity contribution in [1.82, 2.24) is 5.32 Å². The molecule has 17 heavy (non-hydrogen) atoms.